The van der Waals surface area contributed by atoms with Crippen molar-refractivity contribution in [2.24, 2.45) is 5.92 Å². The van der Waals surface area contributed by atoms with E-state index in [-0.39, 0.29) is 12.0 Å². The molecule has 2 rings (SSSR count). The second kappa shape index (κ2) is 5.80. The van der Waals surface area contributed by atoms with Crippen LogP contribution in [0.5, 0.6) is 0 Å². The molecule has 1 aliphatic carbocycles. The zero-order chi connectivity index (χ0) is 12.1. The highest BCUT2D eigenvalue weighted by molar-refractivity contribution is 5.76. The standard InChI is InChI=1S/C13H17NO3/c1-16-13(15)12(11-7-8-11)14-17-9-10-5-3-2-4-6-10/h2-6,11-12,14H,7-9H2,1H3. The molecule has 1 saturated carbocycles. The van der Waals surface area contributed by atoms with Gasteiger partial charge in [-0.3, -0.25) is 9.63 Å². The van der Waals surface area contributed by atoms with Gasteiger partial charge in [0.1, 0.15) is 6.04 Å². The lowest BCUT2D eigenvalue weighted by Gasteiger charge is -2.15. The van der Waals surface area contributed by atoms with Gasteiger partial charge >= 0.3 is 5.97 Å². The molecule has 0 bridgehead atoms. The van der Waals surface area contributed by atoms with E-state index in [0.29, 0.717) is 12.5 Å². The Bertz CT molecular complexity index is 362. The number of carbonyl (C=O) groups excluding carboxylic acids is 1. The zero-order valence-electron chi connectivity index (χ0n) is 9.89. The van der Waals surface area contributed by atoms with Crippen LogP contribution in [0.2, 0.25) is 0 Å². The number of nitrogens with one attached hydrogen (secondary N) is 1. The van der Waals surface area contributed by atoms with Crippen LogP contribution >= 0.6 is 0 Å². The van der Waals surface area contributed by atoms with Crippen LogP contribution < -0.4 is 5.48 Å². The molecule has 0 radical (unpaired) electrons. The predicted molar refractivity (Wildman–Crippen MR) is 62.9 cm³/mol. The molecule has 1 fully saturated rings. The van der Waals surface area contributed by atoms with Crippen LogP contribution in [0.25, 0.3) is 0 Å². The fourth-order valence-electron chi connectivity index (χ4n) is 1.68. The van der Waals surface area contributed by atoms with Crippen molar-refractivity contribution in [1.82, 2.24) is 5.48 Å². The second-order valence-electron chi connectivity index (χ2n) is 4.23. The van der Waals surface area contributed by atoms with Crippen molar-refractivity contribution in [1.29, 1.82) is 0 Å². The van der Waals surface area contributed by atoms with Crippen molar-refractivity contribution < 1.29 is 14.4 Å². The Morgan fingerprint density at radius 3 is 2.71 bits per heavy atom. The number of benzene rings is 1. The summed E-state index contributed by atoms with van der Waals surface area (Å²) in [5.41, 5.74) is 3.88. The highest BCUT2D eigenvalue weighted by atomic mass is 16.6. The highest BCUT2D eigenvalue weighted by Crippen LogP contribution is 2.33. The van der Waals surface area contributed by atoms with Crippen LogP contribution in [0.1, 0.15) is 18.4 Å². The monoisotopic (exact) mass is 235 g/mol. The lowest BCUT2D eigenvalue weighted by Crippen LogP contribution is -2.39. The molecule has 1 N–H and O–H groups in total. The number of esters is 1. The lowest BCUT2D eigenvalue weighted by molar-refractivity contribution is -0.149. The summed E-state index contributed by atoms with van der Waals surface area (Å²) >= 11 is 0. The summed E-state index contributed by atoms with van der Waals surface area (Å²) in [6.45, 7) is 0.445. The van der Waals surface area contributed by atoms with Gasteiger partial charge in [0.05, 0.1) is 13.7 Å². The van der Waals surface area contributed by atoms with E-state index in [1.807, 2.05) is 30.3 Å². The van der Waals surface area contributed by atoms with Crippen molar-refractivity contribution in [3.8, 4) is 0 Å². The van der Waals surface area contributed by atoms with E-state index in [9.17, 15) is 4.79 Å². The molecule has 0 aromatic heterocycles. The summed E-state index contributed by atoms with van der Waals surface area (Å²) in [4.78, 5) is 16.8. The molecule has 4 heteroatoms. The molecular formula is C13H17NO3. The molecular weight excluding hydrogens is 218 g/mol. The van der Waals surface area contributed by atoms with Crippen molar-refractivity contribution in [2.45, 2.75) is 25.5 Å². The highest BCUT2D eigenvalue weighted by Gasteiger charge is 2.37. The molecule has 17 heavy (non-hydrogen) atoms. The third kappa shape index (κ3) is 3.54. The summed E-state index contributed by atoms with van der Waals surface area (Å²) < 4.78 is 4.73. The van der Waals surface area contributed by atoms with E-state index in [1.165, 1.54) is 7.11 Å². The van der Waals surface area contributed by atoms with Gasteiger partial charge in [-0.15, -0.1) is 0 Å². The van der Waals surface area contributed by atoms with Crippen LogP contribution in [0, 0.1) is 5.92 Å². The van der Waals surface area contributed by atoms with E-state index < -0.39 is 0 Å². The van der Waals surface area contributed by atoms with E-state index in [4.69, 9.17) is 9.57 Å². The molecule has 0 saturated heterocycles. The molecule has 4 nitrogen and oxygen atoms in total. The van der Waals surface area contributed by atoms with Crippen molar-refractivity contribution in [3.05, 3.63) is 35.9 Å². The molecule has 0 heterocycles. The van der Waals surface area contributed by atoms with Gasteiger partial charge in [0.15, 0.2) is 0 Å². The molecule has 1 atom stereocenters. The Morgan fingerprint density at radius 1 is 1.41 bits per heavy atom. The minimum Gasteiger partial charge on any atom is -0.468 e. The Hall–Kier alpha value is -1.39. The summed E-state index contributed by atoms with van der Waals surface area (Å²) in [6.07, 6.45) is 2.11. The smallest absolute Gasteiger partial charge is 0.325 e. The Kier molecular flexibility index (Phi) is 4.12. The Labute approximate surface area is 101 Å². The first-order chi connectivity index (χ1) is 8.31. The largest absolute Gasteiger partial charge is 0.468 e. The van der Waals surface area contributed by atoms with Crippen molar-refractivity contribution in [3.63, 3.8) is 0 Å². The fraction of sp³-hybridized carbons (Fsp3) is 0.462. The maximum atomic E-state index is 11.5. The number of ether oxygens (including phenoxy) is 1. The summed E-state index contributed by atoms with van der Waals surface area (Å²) in [5, 5.41) is 0. The topological polar surface area (TPSA) is 47.6 Å². The van der Waals surface area contributed by atoms with Crippen LogP contribution in [-0.2, 0) is 21.0 Å². The van der Waals surface area contributed by atoms with Gasteiger partial charge in [0, 0.05) is 0 Å². The number of hydrogen-bond donors (Lipinski definition) is 1. The second-order valence-corrected chi connectivity index (χ2v) is 4.23. The van der Waals surface area contributed by atoms with E-state index >= 15 is 0 Å². The van der Waals surface area contributed by atoms with Gasteiger partial charge in [0.25, 0.3) is 0 Å². The SMILES string of the molecule is COC(=O)C(NOCc1ccccc1)C1CC1. The first-order valence-electron chi connectivity index (χ1n) is 5.80. The van der Waals surface area contributed by atoms with Gasteiger partial charge in [-0.2, -0.15) is 5.48 Å². The predicted octanol–water partition coefficient (Wildman–Crippen LogP) is 1.66. The molecule has 1 aromatic carbocycles. The summed E-state index contributed by atoms with van der Waals surface area (Å²) in [7, 11) is 1.40. The number of rotatable bonds is 6. The van der Waals surface area contributed by atoms with Gasteiger partial charge in [-0.05, 0) is 24.3 Å². The van der Waals surface area contributed by atoms with E-state index in [2.05, 4.69) is 5.48 Å². The number of hydroxylamine groups is 1. The number of carbonyl (C=O) groups is 1. The minimum absolute atomic E-state index is 0.249. The number of methoxy groups -OCH3 is 1. The normalized spacial score (nSPS) is 16.5. The van der Waals surface area contributed by atoms with E-state index in [0.717, 1.165) is 18.4 Å². The number of hydrogen-bond acceptors (Lipinski definition) is 4. The molecule has 1 aliphatic rings. The third-order valence-electron chi connectivity index (χ3n) is 2.84. The van der Waals surface area contributed by atoms with Gasteiger partial charge in [0.2, 0.25) is 0 Å². The first kappa shape index (κ1) is 12.1. The molecule has 0 amide bonds. The average molecular weight is 235 g/mol. The third-order valence-corrected chi connectivity index (χ3v) is 2.84. The van der Waals surface area contributed by atoms with E-state index in [1.54, 1.807) is 0 Å². The van der Waals surface area contributed by atoms with Crippen LogP contribution in [-0.4, -0.2) is 19.1 Å². The summed E-state index contributed by atoms with van der Waals surface area (Å²) in [5.74, 6) is 0.110. The van der Waals surface area contributed by atoms with Crippen LogP contribution in [0.4, 0.5) is 0 Å². The van der Waals surface area contributed by atoms with Gasteiger partial charge < -0.3 is 4.74 Å². The Balaban J connectivity index is 1.78. The van der Waals surface area contributed by atoms with Crippen LogP contribution in [0.15, 0.2) is 30.3 Å². The van der Waals surface area contributed by atoms with Crippen molar-refractivity contribution in [2.75, 3.05) is 7.11 Å². The average Bonchev–Trinajstić information content (AvgIpc) is 3.19. The zero-order valence-corrected chi connectivity index (χ0v) is 9.89. The quantitative estimate of drug-likeness (QED) is 0.601. The first-order valence-corrected chi connectivity index (χ1v) is 5.80. The van der Waals surface area contributed by atoms with Crippen molar-refractivity contribution >= 4 is 5.97 Å². The van der Waals surface area contributed by atoms with Gasteiger partial charge in [-0.25, -0.2) is 0 Å². The fourth-order valence-corrected chi connectivity index (χ4v) is 1.68. The lowest BCUT2D eigenvalue weighted by atomic mass is 10.2. The molecule has 0 spiro atoms. The maximum Gasteiger partial charge on any atom is 0.325 e. The molecule has 1 unspecified atom stereocenters. The minimum atomic E-state index is -0.330. The maximum absolute atomic E-state index is 11.5. The Morgan fingerprint density at radius 2 is 2.12 bits per heavy atom. The van der Waals surface area contributed by atoms with Crippen LogP contribution in [0.3, 0.4) is 0 Å². The summed E-state index contributed by atoms with van der Waals surface area (Å²) in [6, 6.07) is 9.49. The molecule has 92 valence electrons. The van der Waals surface area contributed by atoms with Gasteiger partial charge in [-0.1, -0.05) is 30.3 Å². The molecule has 0 aliphatic heterocycles. The molecule has 1 aromatic rings.